The van der Waals surface area contributed by atoms with Gasteiger partial charge >= 0.3 is 5.97 Å². The van der Waals surface area contributed by atoms with E-state index >= 15 is 0 Å². The molecule has 1 atom stereocenters. The number of carbonyl (C=O) groups excluding carboxylic acids is 3. The van der Waals surface area contributed by atoms with E-state index in [2.05, 4.69) is 20.0 Å². The van der Waals surface area contributed by atoms with E-state index < -0.39 is 23.8 Å². The lowest BCUT2D eigenvalue weighted by Crippen LogP contribution is -2.46. The summed E-state index contributed by atoms with van der Waals surface area (Å²) in [4.78, 5) is 44.7. The second-order valence-electron chi connectivity index (χ2n) is 6.05. The number of nitrogens with zero attached hydrogens (tertiary/aromatic N) is 2. The maximum Gasteiger partial charge on any atom is 0.337 e. The molecule has 3 aromatic rings. The molecule has 0 saturated carbocycles. The van der Waals surface area contributed by atoms with Gasteiger partial charge in [-0.1, -0.05) is 18.2 Å². The maximum absolute atomic E-state index is 12.5. The summed E-state index contributed by atoms with van der Waals surface area (Å²) < 4.78 is 4.64. The molecule has 8 heteroatoms. The monoisotopic (exact) mass is 378 g/mol. The van der Waals surface area contributed by atoms with Crippen LogP contribution in [0.3, 0.4) is 0 Å². The van der Waals surface area contributed by atoms with Gasteiger partial charge in [-0.2, -0.15) is 0 Å². The van der Waals surface area contributed by atoms with Crippen molar-refractivity contribution in [2.75, 3.05) is 7.11 Å². The SMILES string of the molecule is COC(=O)c1cccc(C(=O)N[C@H](Cc2cnc3ccccc3n2)C(N)=O)c1. The van der Waals surface area contributed by atoms with Crippen molar-refractivity contribution in [2.24, 2.45) is 5.73 Å². The first-order valence-corrected chi connectivity index (χ1v) is 8.47. The Hall–Kier alpha value is -3.81. The van der Waals surface area contributed by atoms with Gasteiger partial charge in [-0.15, -0.1) is 0 Å². The van der Waals surface area contributed by atoms with Gasteiger partial charge in [-0.05, 0) is 30.3 Å². The molecule has 0 aliphatic heterocycles. The minimum Gasteiger partial charge on any atom is -0.465 e. The largest absolute Gasteiger partial charge is 0.465 e. The van der Waals surface area contributed by atoms with Crippen LogP contribution in [-0.4, -0.2) is 40.9 Å². The van der Waals surface area contributed by atoms with E-state index in [1.54, 1.807) is 12.3 Å². The lowest BCUT2D eigenvalue weighted by atomic mass is 10.1. The molecule has 2 amide bonds. The fourth-order valence-electron chi connectivity index (χ4n) is 2.67. The quantitative estimate of drug-likeness (QED) is 0.622. The van der Waals surface area contributed by atoms with Gasteiger partial charge in [-0.25, -0.2) is 9.78 Å². The van der Waals surface area contributed by atoms with Gasteiger partial charge in [0.2, 0.25) is 5.91 Å². The van der Waals surface area contributed by atoms with Crippen LogP contribution in [0, 0.1) is 0 Å². The van der Waals surface area contributed by atoms with Gasteiger partial charge in [0.25, 0.3) is 5.91 Å². The van der Waals surface area contributed by atoms with E-state index in [-0.39, 0.29) is 17.5 Å². The van der Waals surface area contributed by atoms with Crippen molar-refractivity contribution in [3.05, 3.63) is 71.5 Å². The highest BCUT2D eigenvalue weighted by atomic mass is 16.5. The molecule has 2 aromatic carbocycles. The Balaban J connectivity index is 1.78. The van der Waals surface area contributed by atoms with Crippen LogP contribution in [0.2, 0.25) is 0 Å². The van der Waals surface area contributed by atoms with Crippen LogP contribution in [0.25, 0.3) is 11.0 Å². The third kappa shape index (κ3) is 4.29. The van der Waals surface area contributed by atoms with Crippen molar-refractivity contribution in [1.82, 2.24) is 15.3 Å². The topological polar surface area (TPSA) is 124 Å². The molecular weight excluding hydrogens is 360 g/mol. The number of amides is 2. The van der Waals surface area contributed by atoms with Crippen molar-refractivity contribution in [1.29, 1.82) is 0 Å². The fourth-order valence-corrected chi connectivity index (χ4v) is 2.67. The summed E-state index contributed by atoms with van der Waals surface area (Å²) in [7, 11) is 1.25. The van der Waals surface area contributed by atoms with Gasteiger partial charge in [-0.3, -0.25) is 14.6 Å². The first kappa shape index (κ1) is 19.0. The molecule has 3 N–H and O–H groups in total. The van der Waals surface area contributed by atoms with Crippen LogP contribution >= 0.6 is 0 Å². The van der Waals surface area contributed by atoms with Crippen molar-refractivity contribution in [3.63, 3.8) is 0 Å². The number of ether oxygens (including phenoxy) is 1. The lowest BCUT2D eigenvalue weighted by Gasteiger charge is -2.15. The van der Waals surface area contributed by atoms with Crippen molar-refractivity contribution in [3.8, 4) is 0 Å². The third-order valence-corrected chi connectivity index (χ3v) is 4.11. The summed E-state index contributed by atoms with van der Waals surface area (Å²) in [5.74, 6) is -1.80. The summed E-state index contributed by atoms with van der Waals surface area (Å²) in [6.07, 6.45) is 1.64. The molecule has 0 saturated heterocycles. The second-order valence-corrected chi connectivity index (χ2v) is 6.05. The Morgan fingerprint density at radius 2 is 1.79 bits per heavy atom. The standard InChI is InChI=1S/C20H18N4O4/c1-28-20(27)13-6-4-5-12(9-13)19(26)24-17(18(21)25)10-14-11-22-15-7-2-3-8-16(15)23-14/h2-9,11,17H,10H2,1H3,(H2,21,25)(H,24,26)/t17-/m1/s1. The average molecular weight is 378 g/mol. The van der Waals surface area contributed by atoms with Crippen LogP contribution in [-0.2, 0) is 16.0 Å². The summed E-state index contributed by atoms with van der Waals surface area (Å²) in [5.41, 5.74) is 7.81. The molecule has 1 aromatic heterocycles. The van der Waals surface area contributed by atoms with Gasteiger partial charge in [0.05, 0.1) is 29.4 Å². The summed E-state index contributed by atoms with van der Waals surface area (Å²) in [5, 5.41) is 2.58. The van der Waals surface area contributed by atoms with E-state index in [1.165, 1.54) is 25.3 Å². The molecule has 0 bridgehead atoms. The Morgan fingerprint density at radius 3 is 2.50 bits per heavy atom. The highest BCUT2D eigenvalue weighted by molar-refractivity contribution is 5.99. The van der Waals surface area contributed by atoms with Gasteiger partial charge in [0.15, 0.2) is 0 Å². The molecule has 0 fully saturated rings. The maximum atomic E-state index is 12.5. The number of esters is 1. The second kappa shape index (κ2) is 8.26. The zero-order valence-electron chi connectivity index (χ0n) is 15.1. The molecular formula is C20H18N4O4. The van der Waals surface area contributed by atoms with E-state index in [4.69, 9.17) is 5.73 Å². The normalized spacial score (nSPS) is 11.6. The molecule has 0 spiro atoms. The molecule has 0 aliphatic rings. The molecule has 1 heterocycles. The van der Waals surface area contributed by atoms with Crippen LogP contribution < -0.4 is 11.1 Å². The number of aromatic nitrogens is 2. The smallest absolute Gasteiger partial charge is 0.337 e. The zero-order chi connectivity index (χ0) is 20.1. The Bertz CT molecular complexity index is 1050. The molecule has 3 rings (SSSR count). The highest BCUT2D eigenvalue weighted by Crippen LogP contribution is 2.11. The summed E-state index contributed by atoms with van der Waals surface area (Å²) in [6, 6.07) is 12.3. The van der Waals surface area contributed by atoms with Crippen LogP contribution in [0.5, 0.6) is 0 Å². The molecule has 0 aliphatic carbocycles. The predicted octanol–water partition coefficient (Wildman–Crippen LogP) is 1.24. The van der Waals surface area contributed by atoms with Gasteiger partial charge < -0.3 is 15.8 Å². The highest BCUT2D eigenvalue weighted by Gasteiger charge is 2.21. The number of rotatable bonds is 6. The van der Waals surface area contributed by atoms with Crippen LogP contribution in [0.4, 0.5) is 0 Å². The number of nitrogens with two attached hydrogens (primary N) is 1. The third-order valence-electron chi connectivity index (χ3n) is 4.11. The van der Waals surface area contributed by atoms with Crippen LogP contribution in [0.15, 0.2) is 54.7 Å². The molecule has 8 nitrogen and oxygen atoms in total. The van der Waals surface area contributed by atoms with Crippen LogP contribution in [0.1, 0.15) is 26.4 Å². The molecule has 0 radical (unpaired) electrons. The summed E-state index contributed by atoms with van der Waals surface area (Å²) >= 11 is 0. The number of hydrogen-bond donors (Lipinski definition) is 2. The summed E-state index contributed by atoms with van der Waals surface area (Å²) in [6.45, 7) is 0. The first-order valence-electron chi connectivity index (χ1n) is 8.47. The minimum atomic E-state index is -0.982. The Labute approximate surface area is 160 Å². The Morgan fingerprint density at radius 1 is 1.07 bits per heavy atom. The lowest BCUT2D eigenvalue weighted by molar-refractivity contribution is -0.119. The number of methoxy groups -OCH3 is 1. The number of nitrogens with one attached hydrogen (secondary N) is 1. The average Bonchev–Trinajstić information content (AvgIpc) is 2.72. The molecule has 28 heavy (non-hydrogen) atoms. The van der Waals surface area contributed by atoms with Gasteiger partial charge in [0.1, 0.15) is 6.04 Å². The molecule has 142 valence electrons. The number of hydrogen-bond acceptors (Lipinski definition) is 6. The van der Waals surface area contributed by atoms with E-state index in [0.29, 0.717) is 11.2 Å². The van der Waals surface area contributed by atoms with Crippen molar-refractivity contribution >= 4 is 28.8 Å². The predicted molar refractivity (Wildman–Crippen MR) is 101 cm³/mol. The van der Waals surface area contributed by atoms with E-state index in [1.807, 2.05) is 24.3 Å². The fraction of sp³-hybridized carbons (Fsp3) is 0.150. The van der Waals surface area contributed by atoms with Crippen molar-refractivity contribution in [2.45, 2.75) is 12.5 Å². The van der Waals surface area contributed by atoms with E-state index in [0.717, 1.165) is 5.52 Å². The number of fused-ring (bicyclic) bond motifs is 1. The van der Waals surface area contributed by atoms with E-state index in [9.17, 15) is 14.4 Å². The number of primary amides is 1. The number of para-hydroxylation sites is 2. The first-order chi connectivity index (χ1) is 13.5. The van der Waals surface area contributed by atoms with Gasteiger partial charge in [0, 0.05) is 18.2 Å². The number of carbonyl (C=O) groups is 3. The minimum absolute atomic E-state index is 0.0929. The number of benzene rings is 2. The van der Waals surface area contributed by atoms with Crippen molar-refractivity contribution < 1.29 is 19.1 Å². The Kier molecular flexibility index (Phi) is 5.59. The zero-order valence-corrected chi connectivity index (χ0v) is 15.1. The molecule has 0 unspecified atom stereocenters.